The van der Waals surface area contributed by atoms with Crippen molar-refractivity contribution in [2.24, 2.45) is 5.73 Å². The van der Waals surface area contributed by atoms with Gasteiger partial charge in [-0.1, -0.05) is 23.2 Å². The maximum absolute atomic E-state index is 11.9. The van der Waals surface area contributed by atoms with Crippen molar-refractivity contribution in [1.82, 2.24) is 4.90 Å². The number of ether oxygens (including phenoxy) is 1. The lowest BCUT2D eigenvalue weighted by Crippen LogP contribution is -2.29. The predicted molar refractivity (Wildman–Crippen MR) is 75.9 cm³/mol. The van der Waals surface area contributed by atoms with Crippen molar-refractivity contribution in [3.05, 3.63) is 27.7 Å². The quantitative estimate of drug-likeness (QED) is 0.927. The van der Waals surface area contributed by atoms with E-state index < -0.39 is 6.10 Å². The van der Waals surface area contributed by atoms with Crippen LogP contribution in [0.4, 0.5) is 0 Å². The van der Waals surface area contributed by atoms with Gasteiger partial charge >= 0.3 is 0 Å². The van der Waals surface area contributed by atoms with E-state index in [1.165, 1.54) is 0 Å². The van der Waals surface area contributed by atoms with Crippen molar-refractivity contribution in [3.63, 3.8) is 0 Å². The number of rotatable bonds is 4. The fourth-order valence-electron chi connectivity index (χ4n) is 2.13. The maximum atomic E-state index is 11.9. The van der Waals surface area contributed by atoms with Gasteiger partial charge in [-0.05, 0) is 30.7 Å². The molecule has 1 saturated heterocycles. The smallest absolute Gasteiger partial charge is 0.263 e. The van der Waals surface area contributed by atoms with Crippen molar-refractivity contribution in [3.8, 4) is 5.75 Å². The molecule has 1 aliphatic heterocycles. The van der Waals surface area contributed by atoms with E-state index in [9.17, 15) is 4.79 Å². The van der Waals surface area contributed by atoms with Crippen LogP contribution in [0, 0.1) is 0 Å². The lowest BCUT2D eigenvalue weighted by atomic mass is 10.1. The van der Waals surface area contributed by atoms with E-state index in [2.05, 4.69) is 0 Å². The van der Waals surface area contributed by atoms with E-state index >= 15 is 0 Å². The minimum atomic E-state index is -0.472. The van der Waals surface area contributed by atoms with Gasteiger partial charge in [-0.3, -0.25) is 4.79 Å². The number of nitrogens with zero attached hydrogens (tertiary/aromatic N) is 1. The second-order valence-electron chi connectivity index (χ2n) is 4.57. The molecule has 1 amide bonds. The largest absolute Gasteiger partial charge is 0.479 e. The average Bonchev–Trinajstić information content (AvgIpc) is 2.65. The molecule has 0 bridgehead atoms. The summed E-state index contributed by atoms with van der Waals surface area (Å²) in [7, 11) is 1.76. The molecule has 0 aromatic heterocycles. The van der Waals surface area contributed by atoms with Gasteiger partial charge in [-0.2, -0.15) is 0 Å². The molecule has 6 heteroatoms. The molecule has 1 heterocycles. The Labute approximate surface area is 122 Å². The Balaban J connectivity index is 2.26. The Morgan fingerprint density at radius 2 is 2.21 bits per heavy atom. The molecular weight excluding hydrogens is 287 g/mol. The second-order valence-corrected chi connectivity index (χ2v) is 5.41. The predicted octanol–water partition coefficient (Wildman–Crippen LogP) is 2.10. The molecule has 0 radical (unpaired) electrons. The van der Waals surface area contributed by atoms with Crippen molar-refractivity contribution >= 4 is 29.1 Å². The van der Waals surface area contributed by atoms with Crippen LogP contribution in [0.3, 0.4) is 0 Å². The van der Waals surface area contributed by atoms with Crippen LogP contribution in [-0.2, 0) is 11.2 Å². The van der Waals surface area contributed by atoms with Crippen LogP contribution in [0.5, 0.6) is 5.75 Å². The highest BCUT2D eigenvalue weighted by molar-refractivity contribution is 6.35. The first kappa shape index (κ1) is 14.4. The zero-order valence-electron chi connectivity index (χ0n) is 10.7. The monoisotopic (exact) mass is 302 g/mol. The highest BCUT2D eigenvalue weighted by Gasteiger charge is 2.31. The Morgan fingerprint density at radius 3 is 2.79 bits per heavy atom. The first-order valence-corrected chi connectivity index (χ1v) is 6.88. The van der Waals surface area contributed by atoms with Crippen LogP contribution in [0.2, 0.25) is 10.0 Å². The van der Waals surface area contributed by atoms with Gasteiger partial charge in [0.25, 0.3) is 5.91 Å². The molecule has 19 heavy (non-hydrogen) atoms. The molecule has 0 aliphatic carbocycles. The van der Waals surface area contributed by atoms with Gasteiger partial charge in [0.15, 0.2) is 6.10 Å². The summed E-state index contributed by atoms with van der Waals surface area (Å²) >= 11 is 12.1. The normalized spacial score (nSPS) is 19.1. The zero-order chi connectivity index (χ0) is 14.0. The van der Waals surface area contributed by atoms with Gasteiger partial charge in [-0.25, -0.2) is 0 Å². The fraction of sp³-hybridized carbons (Fsp3) is 0.462. The summed E-state index contributed by atoms with van der Waals surface area (Å²) in [5.74, 6) is 0.495. The molecule has 1 unspecified atom stereocenters. The number of likely N-dealkylation sites (tertiary alicyclic amines) is 1. The summed E-state index contributed by atoms with van der Waals surface area (Å²) < 4.78 is 5.79. The molecule has 2 N–H and O–H groups in total. The van der Waals surface area contributed by atoms with Crippen LogP contribution in [0.1, 0.15) is 12.0 Å². The van der Waals surface area contributed by atoms with E-state index in [0.29, 0.717) is 41.7 Å². The number of carbonyl (C=O) groups excluding carboxylic acids is 1. The first-order chi connectivity index (χ1) is 9.02. The van der Waals surface area contributed by atoms with Gasteiger partial charge in [0.05, 0.1) is 5.02 Å². The Kier molecular flexibility index (Phi) is 4.55. The topological polar surface area (TPSA) is 55.6 Å². The molecule has 1 aromatic carbocycles. The van der Waals surface area contributed by atoms with Crippen molar-refractivity contribution < 1.29 is 9.53 Å². The highest BCUT2D eigenvalue weighted by Crippen LogP contribution is 2.34. The van der Waals surface area contributed by atoms with Gasteiger partial charge < -0.3 is 15.4 Å². The number of likely N-dealkylation sites (N-methyl/N-ethyl adjacent to an activating group) is 1. The number of amides is 1. The molecule has 0 saturated carbocycles. The second kappa shape index (κ2) is 5.99. The number of halogens is 2. The van der Waals surface area contributed by atoms with Gasteiger partial charge in [0.2, 0.25) is 0 Å². The molecule has 104 valence electrons. The lowest BCUT2D eigenvalue weighted by molar-refractivity contribution is -0.132. The minimum absolute atomic E-state index is 0.0234. The molecular formula is C13H16Cl2N2O2. The van der Waals surface area contributed by atoms with Crippen LogP contribution < -0.4 is 10.5 Å². The first-order valence-electron chi connectivity index (χ1n) is 6.12. The Morgan fingerprint density at radius 1 is 1.47 bits per heavy atom. The maximum Gasteiger partial charge on any atom is 0.263 e. The summed E-state index contributed by atoms with van der Waals surface area (Å²) in [6.07, 6.45) is 0.795. The Bertz CT molecular complexity index is 494. The van der Waals surface area contributed by atoms with Crippen LogP contribution in [-0.4, -0.2) is 37.0 Å². The number of hydrogen-bond acceptors (Lipinski definition) is 3. The number of hydrogen-bond donors (Lipinski definition) is 1. The number of carbonyl (C=O) groups is 1. The SMILES string of the molecule is CN1CCC(Oc2c(Cl)cc(Cl)cc2CCN)C1=O. The third-order valence-corrected chi connectivity index (χ3v) is 3.64. The summed E-state index contributed by atoms with van der Waals surface area (Å²) in [6.45, 7) is 1.16. The van der Waals surface area contributed by atoms with Gasteiger partial charge in [0.1, 0.15) is 5.75 Å². The molecule has 1 aromatic rings. The van der Waals surface area contributed by atoms with E-state index in [4.69, 9.17) is 33.7 Å². The lowest BCUT2D eigenvalue weighted by Gasteiger charge is -2.17. The van der Waals surface area contributed by atoms with Gasteiger partial charge in [0, 0.05) is 25.0 Å². The van der Waals surface area contributed by atoms with Crippen molar-refractivity contribution in [1.29, 1.82) is 0 Å². The zero-order valence-corrected chi connectivity index (χ0v) is 12.2. The molecule has 1 aliphatic rings. The van der Waals surface area contributed by atoms with E-state index in [1.807, 2.05) is 0 Å². The van der Waals surface area contributed by atoms with Gasteiger partial charge in [-0.15, -0.1) is 0 Å². The van der Waals surface area contributed by atoms with E-state index in [1.54, 1.807) is 24.1 Å². The summed E-state index contributed by atoms with van der Waals surface area (Å²) in [4.78, 5) is 13.5. The fourth-order valence-corrected chi connectivity index (χ4v) is 2.71. The number of benzene rings is 1. The molecule has 2 rings (SSSR count). The molecule has 1 fully saturated rings. The van der Waals surface area contributed by atoms with E-state index in [0.717, 1.165) is 5.56 Å². The van der Waals surface area contributed by atoms with E-state index in [-0.39, 0.29) is 5.91 Å². The third kappa shape index (κ3) is 3.14. The van der Waals surface area contributed by atoms with Crippen LogP contribution >= 0.6 is 23.2 Å². The summed E-state index contributed by atoms with van der Waals surface area (Å²) in [5.41, 5.74) is 6.41. The third-order valence-electron chi connectivity index (χ3n) is 3.14. The number of nitrogens with two attached hydrogens (primary N) is 1. The highest BCUT2D eigenvalue weighted by atomic mass is 35.5. The van der Waals surface area contributed by atoms with Crippen LogP contribution in [0.25, 0.3) is 0 Å². The average molecular weight is 303 g/mol. The van der Waals surface area contributed by atoms with Crippen molar-refractivity contribution in [2.75, 3.05) is 20.1 Å². The summed E-state index contributed by atoms with van der Waals surface area (Å²) in [5, 5.41) is 0.953. The summed E-state index contributed by atoms with van der Waals surface area (Å²) in [6, 6.07) is 3.39. The molecule has 0 spiro atoms. The van der Waals surface area contributed by atoms with Crippen LogP contribution in [0.15, 0.2) is 12.1 Å². The molecule has 4 nitrogen and oxygen atoms in total. The standard InChI is InChI=1S/C13H16Cl2N2O2/c1-17-5-3-11(13(17)18)19-12-8(2-4-16)6-9(14)7-10(12)15/h6-7,11H,2-5,16H2,1H3. The Hall–Kier alpha value is -0.970. The van der Waals surface area contributed by atoms with Crippen molar-refractivity contribution in [2.45, 2.75) is 18.9 Å². The molecule has 1 atom stereocenters. The minimum Gasteiger partial charge on any atom is -0.479 e.